The molecule has 1 aliphatic rings. The number of nitrogens with one attached hydrogen (secondary N) is 1. The smallest absolute Gasteiger partial charge is 0.134 e. The van der Waals surface area contributed by atoms with Gasteiger partial charge >= 0.3 is 0 Å². The predicted molar refractivity (Wildman–Crippen MR) is 76.1 cm³/mol. The maximum Gasteiger partial charge on any atom is 0.134 e. The second-order valence-corrected chi connectivity index (χ2v) is 5.21. The Labute approximate surface area is 113 Å². The van der Waals surface area contributed by atoms with Gasteiger partial charge in [-0.15, -0.1) is 0 Å². The Morgan fingerprint density at radius 1 is 1.21 bits per heavy atom. The van der Waals surface area contributed by atoms with E-state index in [4.69, 9.17) is 9.15 Å². The Kier molecular flexibility index (Phi) is 4.16. The summed E-state index contributed by atoms with van der Waals surface area (Å²) in [5.41, 5.74) is 2.20. The summed E-state index contributed by atoms with van der Waals surface area (Å²) in [6, 6.07) is 8.18. The number of para-hydroxylation sites is 1. The van der Waals surface area contributed by atoms with Gasteiger partial charge in [-0.05, 0) is 38.3 Å². The van der Waals surface area contributed by atoms with Crippen LogP contribution in [-0.2, 0) is 11.3 Å². The number of benzene rings is 1. The third-order valence-corrected chi connectivity index (χ3v) is 3.79. The zero-order chi connectivity index (χ0) is 12.9. The summed E-state index contributed by atoms with van der Waals surface area (Å²) < 4.78 is 11.3. The number of rotatable bonds is 5. The van der Waals surface area contributed by atoms with E-state index < -0.39 is 0 Å². The van der Waals surface area contributed by atoms with Crippen LogP contribution in [-0.4, -0.2) is 19.3 Å². The van der Waals surface area contributed by atoms with E-state index in [0.29, 0.717) is 6.10 Å². The molecule has 0 radical (unpaired) electrons. The second kappa shape index (κ2) is 6.22. The number of hydrogen-bond donors (Lipinski definition) is 1. The van der Waals surface area contributed by atoms with Crippen molar-refractivity contribution in [2.75, 3.05) is 13.2 Å². The molecule has 1 N–H and O–H groups in total. The third kappa shape index (κ3) is 3.17. The summed E-state index contributed by atoms with van der Waals surface area (Å²) in [5.74, 6) is 0. The molecular formula is C16H21NO2. The van der Waals surface area contributed by atoms with Crippen molar-refractivity contribution in [3.8, 4) is 0 Å². The van der Waals surface area contributed by atoms with Crippen LogP contribution in [0.5, 0.6) is 0 Å². The Morgan fingerprint density at radius 3 is 3.05 bits per heavy atom. The van der Waals surface area contributed by atoms with Crippen molar-refractivity contribution in [1.82, 2.24) is 5.32 Å². The molecular weight excluding hydrogens is 238 g/mol. The van der Waals surface area contributed by atoms with Crippen molar-refractivity contribution in [1.29, 1.82) is 0 Å². The summed E-state index contributed by atoms with van der Waals surface area (Å²) in [7, 11) is 0. The second-order valence-electron chi connectivity index (χ2n) is 5.21. The van der Waals surface area contributed by atoms with Gasteiger partial charge in [-0.25, -0.2) is 0 Å². The highest BCUT2D eigenvalue weighted by Crippen LogP contribution is 2.20. The minimum atomic E-state index is 0.461. The fraction of sp³-hybridized carbons (Fsp3) is 0.500. The van der Waals surface area contributed by atoms with Crippen molar-refractivity contribution in [3.05, 3.63) is 36.1 Å². The maximum absolute atomic E-state index is 5.73. The maximum atomic E-state index is 5.73. The highest BCUT2D eigenvalue weighted by atomic mass is 16.5. The Bertz CT molecular complexity index is 514. The molecule has 0 bridgehead atoms. The topological polar surface area (TPSA) is 34.4 Å². The first kappa shape index (κ1) is 12.7. The fourth-order valence-corrected chi connectivity index (χ4v) is 2.69. The first-order chi connectivity index (χ1) is 9.43. The van der Waals surface area contributed by atoms with Gasteiger partial charge in [0.2, 0.25) is 0 Å². The molecule has 3 heteroatoms. The monoisotopic (exact) mass is 259 g/mol. The molecule has 1 atom stereocenters. The van der Waals surface area contributed by atoms with Crippen LogP contribution in [0.2, 0.25) is 0 Å². The van der Waals surface area contributed by atoms with Gasteiger partial charge < -0.3 is 14.5 Å². The molecule has 3 rings (SSSR count). The van der Waals surface area contributed by atoms with Crippen LogP contribution >= 0.6 is 0 Å². The van der Waals surface area contributed by atoms with Crippen LogP contribution in [0.25, 0.3) is 11.0 Å². The highest BCUT2D eigenvalue weighted by Gasteiger charge is 2.13. The zero-order valence-electron chi connectivity index (χ0n) is 11.2. The summed E-state index contributed by atoms with van der Waals surface area (Å²) in [6.07, 6.45) is 7.19. The molecule has 102 valence electrons. The lowest BCUT2D eigenvalue weighted by Crippen LogP contribution is -2.25. The number of hydrogen-bond acceptors (Lipinski definition) is 3. The van der Waals surface area contributed by atoms with E-state index in [9.17, 15) is 0 Å². The molecule has 19 heavy (non-hydrogen) atoms. The lowest BCUT2D eigenvalue weighted by atomic mass is 10.1. The van der Waals surface area contributed by atoms with Crippen molar-refractivity contribution in [2.24, 2.45) is 0 Å². The molecule has 2 aromatic rings. The van der Waals surface area contributed by atoms with Crippen LogP contribution in [0.4, 0.5) is 0 Å². The standard InChI is InChI=1S/C16H21NO2/c1-2-7-16-15(6-1)13(12-19-16)11-17-9-8-14-5-3-4-10-18-14/h1-2,6-7,12,14,17H,3-5,8-11H2. The minimum absolute atomic E-state index is 0.461. The molecule has 1 aromatic heterocycles. The number of furan rings is 1. The number of ether oxygens (including phenoxy) is 1. The fourth-order valence-electron chi connectivity index (χ4n) is 2.69. The van der Waals surface area contributed by atoms with Crippen LogP contribution in [0, 0.1) is 0 Å². The van der Waals surface area contributed by atoms with E-state index >= 15 is 0 Å². The molecule has 0 spiro atoms. The van der Waals surface area contributed by atoms with Gasteiger partial charge in [-0.2, -0.15) is 0 Å². The molecule has 0 saturated carbocycles. The number of fused-ring (bicyclic) bond motifs is 1. The largest absolute Gasteiger partial charge is 0.464 e. The van der Waals surface area contributed by atoms with Gasteiger partial charge in [-0.3, -0.25) is 0 Å². The van der Waals surface area contributed by atoms with Gasteiger partial charge in [0.05, 0.1) is 12.4 Å². The molecule has 2 heterocycles. The zero-order valence-corrected chi connectivity index (χ0v) is 11.2. The highest BCUT2D eigenvalue weighted by molar-refractivity contribution is 5.80. The molecule has 1 aliphatic heterocycles. The van der Waals surface area contributed by atoms with E-state index in [1.54, 1.807) is 0 Å². The Morgan fingerprint density at radius 2 is 2.16 bits per heavy atom. The van der Waals surface area contributed by atoms with Gasteiger partial charge in [0.15, 0.2) is 0 Å². The van der Waals surface area contributed by atoms with E-state index in [2.05, 4.69) is 17.4 Å². The SMILES string of the molecule is c1ccc2c(CNCCC3CCCCO3)coc2c1. The normalized spacial score (nSPS) is 19.9. The lowest BCUT2D eigenvalue weighted by molar-refractivity contribution is 0.0115. The van der Waals surface area contributed by atoms with Crippen LogP contribution in [0.3, 0.4) is 0 Å². The van der Waals surface area contributed by atoms with Crippen LogP contribution in [0.15, 0.2) is 34.9 Å². The van der Waals surface area contributed by atoms with E-state index in [0.717, 1.165) is 31.7 Å². The van der Waals surface area contributed by atoms with E-state index in [-0.39, 0.29) is 0 Å². The van der Waals surface area contributed by atoms with Crippen LogP contribution in [0.1, 0.15) is 31.2 Å². The van der Waals surface area contributed by atoms with Gasteiger partial charge in [0, 0.05) is 24.1 Å². The third-order valence-electron chi connectivity index (χ3n) is 3.79. The van der Waals surface area contributed by atoms with Crippen molar-refractivity contribution in [3.63, 3.8) is 0 Å². The van der Waals surface area contributed by atoms with Crippen LogP contribution < -0.4 is 5.32 Å². The molecule has 0 amide bonds. The molecule has 0 aliphatic carbocycles. The van der Waals surface area contributed by atoms with Gasteiger partial charge in [0.25, 0.3) is 0 Å². The first-order valence-corrected chi connectivity index (χ1v) is 7.21. The molecule has 1 fully saturated rings. The quantitative estimate of drug-likeness (QED) is 0.835. The molecule has 1 aromatic carbocycles. The Hall–Kier alpha value is -1.32. The van der Waals surface area contributed by atoms with E-state index in [1.807, 2.05) is 18.4 Å². The molecule has 1 unspecified atom stereocenters. The first-order valence-electron chi connectivity index (χ1n) is 7.21. The van der Waals surface area contributed by atoms with Crippen molar-refractivity contribution < 1.29 is 9.15 Å². The summed E-state index contributed by atoms with van der Waals surface area (Å²) in [6.45, 7) is 2.81. The van der Waals surface area contributed by atoms with Crippen molar-refractivity contribution in [2.45, 2.75) is 38.3 Å². The average Bonchev–Trinajstić information content (AvgIpc) is 2.88. The predicted octanol–water partition coefficient (Wildman–Crippen LogP) is 3.48. The molecule has 3 nitrogen and oxygen atoms in total. The Balaban J connectivity index is 1.47. The molecule has 1 saturated heterocycles. The van der Waals surface area contributed by atoms with Gasteiger partial charge in [-0.1, -0.05) is 18.2 Å². The summed E-state index contributed by atoms with van der Waals surface area (Å²) in [5, 5.41) is 4.70. The van der Waals surface area contributed by atoms with Crippen molar-refractivity contribution >= 4 is 11.0 Å². The summed E-state index contributed by atoms with van der Waals surface area (Å²) in [4.78, 5) is 0. The summed E-state index contributed by atoms with van der Waals surface area (Å²) >= 11 is 0. The lowest BCUT2D eigenvalue weighted by Gasteiger charge is -2.22. The average molecular weight is 259 g/mol. The minimum Gasteiger partial charge on any atom is -0.464 e. The van der Waals surface area contributed by atoms with Gasteiger partial charge in [0.1, 0.15) is 5.58 Å². The van der Waals surface area contributed by atoms with E-state index in [1.165, 1.54) is 30.2 Å².